The highest BCUT2D eigenvalue weighted by Gasteiger charge is 2.00. The molecule has 0 unspecified atom stereocenters. The Morgan fingerprint density at radius 2 is 1.71 bits per heavy atom. The maximum Gasteiger partial charge on any atom is 0.0541 e. The Morgan fingerprint density at radius 3 is 2.41 bits per heavy atom. The minimum absolute atomic E-state index is 0.813. The molecular formula is C14H14ClNS. The van der Waals surface area contributed by atoms with Crippen LogP contribution in [-0.2, 0) is 6.42 Å². The SMILES string of the molecule is Nc1ccc(CCSc2ccccc2Cl)cc1. The molecule has 17 heavy (non-hydrogen) atoms. The molecule has 0 radical (unpaired) electrons. The molecule has 2 rings (SSSR count). The summed E-state index contributed by atoms with van der Waals surface area (Å²) in [7, 11) is 0. The summed E-state index contributed by atoms with van der Waals surface area (Å²) < 4.78 is 0. The zero-order valence-corrected chi connectivity index (χ0v) is 11.0. The predicted molar refractivity (Wildman–Crippen MR) is 76.7 cm³/mol. The smallest absolute Gasteiger partial charge is 0.0541 e. The molecule has 0 aliphatic carbocycles. The molecule has 0 aromatic heterocycles. The molecule has 0 bridgehead atoms. The predicted octanol–water partition coefficient (Wildman–Crippen LogP) is 4.26. The number of anilines is 1. The van der Waals surface area contributed by atoms with Gasteiger partial charge in [0.25, 0.3) is 0 Å². The molecule has 0 aliphatic rings. The number of nitrogen functional groups attached to an aromatic ring is 1. The summed E-state index contributed by atoms with van der Waals surface area (Å²) in [6.45, 7) is 0. The van der Waals surface area contributed by atoms with Gasteiger partial charge in [-0.25, -0.2) is 0 Å². The van der Waals surface area contributed by atoms with E-state index in [9.17, 15) is 0 Å². The summed E-state index contributed by atoms with van der Waals surface area (Å²) in [5.74, 6) is 1.02. The molecule has 0 saturated heterocycles. The van der Waals surface area contributed by atoms with E-state index in [0.717, 1.165) is 27.8 Å². The van der Waals surface area contributed by atoms with Crippen LogP contribution in [0.2, 0.25) is 5.02 Å². The Labute approximate surface area is 111 Å². The van der Waals surface area contributed by atoms with Gasteiger partial charge in [-0.15, -0.1) is 11.8 Å². The number of thioether (sulfide) groups is 1. The van der Waals surface area contributed by atoms with Gasteiger partial charge in [0.15, 0.2) is 0 Å². The van der Waals surface area contributed by atoms with E-state index >= 15 is 0 Å². The zero-order chi connectivity index (χ0) is 12.1. The van der Waals surface area contributed by atoms with Gasteiger partial charge in [0.1, 0.15) is 0 Å². The minimum atomic E-state index is 0.813. The number of rotatable bonds is 4. The molecule has 2 aromatic carbocycles. The van der Waals surface area contributed by atoms with Gasteiger partial charge in [-0.3, -0.25) is 0 Å². The van der Waals surface area contributed by atoms with Gasteiger partial charge < -0.3 is 5.73 Å². The highest BCUT2D eigenvalue weighted by Crippen LogP contribution is 2.27. The van der Waals surface area contributed by atoms with Crippen LogP contribution in [-0.4, -0.2) is 5.75 Å². The van der Waals surface area contributed by atoms with Gasteiger partial charge >= 0.3 is 0 Å². The fourth-order valence-corrected chi connectivity index (χ4v) is 2.76. The molecular weight excluding hydrogens is 250 g/mol. The summed E-state index contributed by atoms with van der Waals surface area (Å²) in [5.41, 5.74) is 7.76. The van der Waals surface area contributed by atoms with Gasteiger partial charge in [0.2, 0.25) is 0 Å². The third-order valence-electron chi connectivity index (χ3n) is 2.46. The third-order valence-corrected chi connectivity index (χ3v) is 3.98. The van der Waals surface area contributed by atoms with Crippen molar-refractivity contribution in [1.82, 2.24) is 0 Å². The number of benzene rings is 2. The lowest BCUT2D eigenvalue weighted by atomic mass is 10.2. The molecule has 0 heterocycles. The monoisotopic (exact) mass is 263 g/mol. The second-order valence-corrected chi connectivity index (χ2v) is 5.31. The average Bonchev–Trinajstić information content (AvgIpc) is 2.34. The second-order valence-electron chi connectivity index (χ2n) is 3.77. The molecule has 0 saturated carbocycles. The van der Waals surface area contributed by atoms with Crippen LogP contribution in [0.1, 0.15) is 5.56 Å². The van der Waals surface area contributed by atoms with Crippen molar-refractivity contribution in [2.24, 2.45) is 0 Å². The highest BCUT2D eigenvalue weighted by atomic mass is 35.5. The molecule has 1 nitrogen and oxygen atoms in total. The molecule has 2 N–H and O–H groups in total. The Bertz CT molecular complexity index is 482. The maximum absolute atomic E-state index is 6.09. The summed E-state index contributed by atoms with van der Waals surface area (Å²) >= 11 is 7.87. The maximum atomic E-state index is 6.09. The first-order valence-corrected chi connectivity index (χ1v) is 6.84. The molecule has 2 aromatic rings. The number of nitrogens with two attached hydrogens (primary N) is 1. The summed E-state index contributed by atoms with van der Waals surface area (Å²) in [5, 5.41) is 0.829. The first-order chi connectivity index (χ1) is 8.25. The second kappa shape index (κ2) is 5.99. The fraction of sp³-hybridized carbons (Fsp3) is 0.143. The van der Waals surface area contributed by atoms with Crippen LogP contribution < -0.4 is 5.73 Å². The lowest BCUT2D eigenvalue weighted by Gasteiger charge is -2.04. The number of hydrogen-bond acceptors (Lipinski definition) is 2. The van der Waals surface area contributed by atoms with Gasteiger partial charge in [-0.1, -0.05) is 35.9 Å². The zero-order valence-electron chi connectivity index (χ0n) is 9.40. The topological polar surface area (TPSA) is 26.0 Å². The van der Waals surface area contributed by atoms with Crippen molar-refractivity contribution < 1.29 is 0 Å². The lowest BCUT2D eigenvalue weighted by Crippen LogP contribution is -1.90. The van der Waals surface area contributed by atoms with E-state index in [4.69, 9.17) is 17.3 Å². The van der Waals surface area contributed by atoms with Crippen LogP contribution in [0.15, 0.2) is 53.4 Å². The van der Waals surface area contributed by atoms with Gasteiger partial charge in [-0.2, -0.15) is 0 Å². The van der Waals surface area contributed by atoms with Crippen LogP contribution in [0.5, 0.6) is 0 Å². The van der Waals surface area contributed by atoms with E-state index in [2.05, 4.69) is 18.2 Å². The lowest BCUT2D eigenvalue weighted by molar-refractivity contribution is 1.15. The van der Waals surface area contributed by atoms with Crippen LogP contribution >= 0.6 is 23.4 Å². The van der Waals surface area contributed by atoms with Crippen LogP contribution in [0.3, 0.4) is 0 Å². The van der Waals surface area contributed by atoms with Crippen molar-refractivity contribution in [2.75, 3.05) is 11.5 Å². The third kappa shape index (κ3) is 3.69. The molecule has 0 spiro atoms. The van der Waals surface area contributed by atoms with E-state index in [1.54, 1.807) is 11.8 Å². The van der Waals surface area contributed by atoms with E-state index in [1.165, 1.54) is 5.56 Å². The molecule has 88 valence electrons. The van der Waals surface area contributed by atoms with Crippen molar-refractivity contribution in [3.05, 3.63) is 59.1 Å². The molecule has 0 amide bonds. The standard InChI is InChI=1S/C14H14ClNS/c15-13-3-1-2-4-14(13)17-10-9-11-5-7-12(16)8-6-11/h1-8H,9-10,16H2. The Kier molecular flexibility index (Phi) is 4.35. The summed E-state index contributed by atoms with van der Waals surface area (Å²) in [6.07, 6.45) is 1.02. The van der Waals surface area contributed by atoms with Crippen LogP contribution in [0.4, 0.5) is 5.69 Å². The molecule has 3 heteroatoms. The first-order valence-electron chi connectivity index (χ1n) is 5.47. The Balaban J connectivity index is 1.88. The van der Waals surface area contributed by atoms with Crippen molar-refractivity contribution in [3.63, 3.8) is 0 Å². The average molecular weight is 264 g/mol. The molecule has 0 fully saturated rings. The van der Waals surface area contributed by atoms with Crippen molar-refractivity contribution in [1.29, 1.82) is 0 Å². The number of halogens is 1. The minimum Gasteiger partial charge on any atom is -0.399 e. The van der Waals surface area contributed by atoms with Crippen molar-refractivity contribution in [2.45, 2.75) is 11.3 Å². The summed E-state index contributed by atoms with van der Waals surface area (Å²) in [6, 6.07) is 16.0. The fourth-order valence-electron chi connectivity index (χ4n) is 1.52. The largest absolute Gasteiger partial charge is 0.399 e. The molecule has 0 atom stereocenters. The van der Waals surface area contributed by atoms with Crippen LogP contribution in [0.25, 0.3) is 0 Å². The first kappa shape index (κ1) is 12.3. The van der Waals surface area contributed by atoms with E-state index in [0.29, 0.717) is 0 Å². The van der Waals surface area contributed by atoms with Crippen LogP contribution in [0, 0.1) is 0 Å². The number of hydrogen-bond donors (Lipinski definition) is 1. The van der Waals surface area contributed by atoms with Crippen molar-refractivity contribution >= 4 is 29.1 Å². The van der Waals surface area contributed by atoms with Crippen molar-refractivity contribution in [3.8, 4) is 0 Å². The molecule has 0 aliphatic heterocycles. The normalized spacial score (nSPS) is 10.4. The quantitative estimate of drug-likeness (QED) is 0.659. The summed E-state index contributed by atoms with van der Waals surface area (Å²) in [4.78, 5) is 1.14. The van der Waals surface area contributed by atoms with Gasteiger partial charge in [0.05, 0.1) is 5.02 Å². The van der Waals surface area contributed by atoms with Gasteiger partial charge in [-0.05, 0) is 36.2 Å². The van der Waals surface area contributed by atoms with E-state index in [1.807, 2.05) is 30.3 Å². The highest BCUT2D eigenvalue weighted by molar-refractivity contribution is 7.99. The van der Waals surface area contributed by atoms with Gasteiger partial charge in [0, 0.05) is 16.3 Å². The van der Waals surface area contributed by atoms with E-state index in [-0.39, 0.29) is 0 Å². The Hall–Kier alpha value is -1.12. The number of aryl methyl sites for hydroxylation is 1. The Morgan fingerprint density at radius 1 is 1.00 bits per heavy atom. The van der Waals surface area contributed by atoms with E-state index < -0.39 is 0 Å².